The number of aryl methyl sites for hydroxylation is 2. The largest absolute Gasteiger partial charge is 0.488 e. The fourth-order valence-electron chi connectivity index (χ4n) is 2.17. The topological polar surface area (TPSA) is 98.2 Å². The molecule has 1 N–H and O–H groups in total. The molecule has 1 aliphatic rings. The molecule has 0 radical (unpaired) electrons. The van der Waals surface area contributed by atoms with Gasteiger partial charge in [0, 0.05) is 23.2 Å². The summed E-state index contributed by atoms with van der Waals surface area (Å²) in [5.41, 5.74) is 1.65. The van der Waals surface area contributed by atoms with Gasteiger partial charge in [-0.25, -0.2) is 18.4 Å². The molecule has 7 nitrogen and oxygen atoms in total. The SMILES string of the molecule is Cc1cc(OC2CS(=O)(=O)C2)cc(C(=O)Nc2nc(C)cs2)n1. The summed E-state index contributed by atoms with van der Waals surface area (Å²) in [7, 11) is -2.95. The number of hydrogen-bond acceptors (Lipinski definition) is 7. The summed E-state index contributed by atoms with van der Waals surface area (Å²) in [5, 5.41) is 5.02. The van der Waals surface area contributed by atoms with E-state index in [0.717, 1.165) is 5.69 Å². The number of thiazole rings is 1. The zero-order valence-corrected chi connectivity index (χ0v) is 14.2. The average molecular weight is 353 g/mol. The van der Waals surface area contributed by atoms with E-state index in [-0.39, 0.29) is 29.2 Å². The van der Waals surface area contributed by atoms with Gasteiger partial charge in [-0.3, -0.25) is 10.1 Å². The van der Waals surface area contributed by atoms with Crippen LogP contribution >= 0.6 is 11.3 Å². The van der Waals surface area contributed by atoms with Gasteiger partial charge in [-0.15, -0.1) is 11.3 Å². The van der Waals surface area contributed by atoms with Crippen LogP contribution < -0.4 is 10.1 Å². The van der Waals surface area contributed by atoms with Crippen LogP contribution in [-0.2, 0) is 9.84 Å². The van der Waals surface area contributed by atoms with Crippen LogP contribution in [0, 0.1) is 13.8 Å². The lowest BCUT2D eigenvalue weighted by Crippen LogP contribution is -2.45. The van der Waals surface area contributed by atoms with E-state index in [1.807, 2.05) is 12.3 Å². The molecular weight excluding hydrogens is 338 g/mol. The van der Waals surface area contributed by atoms with Crippen molar-refractivity contribution in [3.05, 3.63) is 34.6 Å². The van der Waals surface area contributed by atoms with Gasteiger partial charge in [-0.2, -0.15) is 0 Å². The highest BCUT2D eigenvalue weighted by Crippen LogP contribution is 2.22. The first-order valence-corrected chi connectivity index (χ1v) is 9.60. The van der Waals surface area contributed by atoms with Crippen LogP contribution in [0.15, 0.2) is 17.5 Å². The van der Waals surface area contributed by atoms with Gasteiger partial charge in [0.2, 0.25) is 0 Å². The summed E-state index contributed by atoms with van der Waals surface area (Å²) in [5.74, 6) is 0.0785. The molecule has 9 heteroatoms. The Labute approximate surface area is 137 Å². The van der Waals surface area contributed by atoms with E-state index < -0.39 is 9.84 Å². The first-order valence-electron chi connectivity index (χ1n) is 6.90. The molecule has 1 fully saturated rings. The standard InChI is InChI=1S/C14H15N3O4S2/c1-8-3-10(21-11-6-23(19,20)7-11)4-12(15-8)13(18)17-14-16-9(2)5-22-14/h3-5,11H,6-7H2,1-2H3,(H,16,17,18). The number of sulfone groups is 1. The molecule has 0 spiro atoms. The Morgan fingerprint density at radius 2 is 2.00 bits per heavy atom. The molecule has 3 rings (SSSR count). The predicted octanol–water partition coefficient (Wildman–Crippen LogP) is 1.58. The second-order valence-electron chi connectivity index (χ2n) is 5.39. The van der Waals surface area contributed by atoms with E-state index in [1.165, 1.54) is 17.4 Å². The molecule has 2 aromatic rings. The second-order valence-corrected chi connectivity index (χ2v) is 8.41. The fraction of sp³-hybridized carbons (Fsp3) is 0.357. The number of hydrogen-bond donors (Lipinski definition) is 1. The summed E-state index contributed by atoms with van der Waals surface area (Å²) in [6, 6.07) is 3.18. The summed E-state index contributed by atoms with van der Waals surface area (Å²) >= 11 is 1.34. The van der Waals surface area contributed by atoms with E-state index >= 15 is 0 Å². The minimum atomic E-state index is -2.95. The van der Waals surface area contributed by atoms with Crippen molar-refractivity contribution in [3.8, 4) is 5.75 Å². The molecular formula is C14H15N3O4S2. The number of anilines is 1. The van der Waals surface area contributed by atoms with Gasteiger partial charge < -0.3 is 4.74 Å². The van der Waals surface area contributed by atoms with Crippen molar-refractivity contribution in [3.63, 3.8) is 0 Å². The Balaban J connectivity index is 1.73. The number of pyridine rings is 1. The van der Waals surface area contributed by atoms with E-state index in [9.17, 15) is 13.2 Å². The van der Waals surface area contributed by atoms with Crippen LogP contribution in [0.3, 0.4) is 0 Å². The number of nitrogens with one attached hydrogen (secondary N) is 1. The number of nitrogens with zero attached hydrogens (tertiary/aromatic N) is 2. The van der Waals surface area contributed by atoms with Gasteiger partial charge in [0.25, 0.3) is 5.91 Å². The summed E-state index contributed by atoms with van der Waals surface area (Å²) in [6.45, 7) is 3.59. The summed E-state index contributed by atoms with van der Waals surface area (Å²) < 4.78 is 27.9. The van der Waals surface area contributed by atoms with Crippen molar-refractivity contribution < 1.29 is 17.9 Å². The molecule has 2 aromatic heterocycles. The minimum absolute atomic E-state index is 0.00823. The maximum atomic E-state index is 12.2. The van der Waals surface area contributed by atoms with Gasteiger partial charge in [0.1, 0.15) is 17.5 Å². The van der Waals surface area contributed by atoms with Crippen LogP contribution in [0.25, 0.3) is 0 Å². The van der Waals surface area contributed by atoms with E-state index in [4.69, 9.17) is 4.74 Å². The highest BCUT2D eigenvalue weighted by molar-refractivity contribution is 7.92. The number of carbonyl (C=O) groups excluding carboxylic acids is 1. The van der Waals surface area contributed by atoms with Gasteiger partial charge in [-0.05, 0) is 13.8 Å². The van der Waals surface area contributed by atoms with Crippen molar-refractivity contribution in [2.45, 2.75) is 20.0 Å². The Bertz CT molecular complexity index is 849. The van der Waals surface area contributed by atoms with Crippen molar-refractivity contribution in [2.24, 2.45) is 0 Å². The van der Waals surface area contributed by atoms with E-state index in [2.05, 4.69) is 15.3 Å². The molecule has 0 bridgehead atoms. The molecule has 122 valence electrons. The number of rotatable bonds is 4. The summed E-state index contributed by atoms with van der Waals surface area (Å²) in [4.78, 5) is 20.6. The number of amides is 1. The van der Waals surface area contributed by atoms with Gasteiger partial charge in [-0.1, -0.05) is 0 Å². The Morgan fingerprint density at radius 1 is 1.26 bits per heavy atom. The lowest BCUT2D eigenvalue weighted by Gasteiger charge is -2.26. The lowest BCUT2D eigenvalue weighted by molar-refractivity contribution is 0.102. The predicted molar refractivity (Wildman–Crippen MR) is 86.8 cm³/mol. The molecule has 0 aliphatic carbocycles. The molecule has 3 heterocycles. The van der Waals surface area contributed by atoms with Crippen molar-refractivity contribution >= 4 is 32.2 Å². The zero-order chi connectivity index (χ0) is 16.6. The van der Waals surface area contributed by atoms with Gasteiger partial charge in [0.15, 0.2) is 15.0 Å². The third-order valence-corrected chi connectivity index (χ3v) is 5.82. The molecule has 0 aromatic carbocycles. The summed E-state index contributed by atoms with van der Waals surface area (Å²) in [6.07, 6.45) is -0.362. The molecule has 1 aliphatic heterocycles. The third-order valence-electron chi connectivity index (χ3n) is 3.18. The average Bonchev–Trinajstić information content (AvgIpc) is 2.81. The van der Waals surface area contributed by atoms with Crippen molar-refractivity contribution in [1.29, 1.82) is 0 Å². The first-order chi connectivity index (χ1) is 10.8. The number of aromatic nitrogens is 2. The third kappa shape index (κ3) is 3.85. The first kappa shape index (κ1) is 15.9. The highest BCUT2D eigenvalue weighted by Gasteiger charge is 2.35. The second kappa shape index (κ2) is 5.89. The van der Waals surface area contributed by atoms with Crippen LogP contribution in [0.1, 0.15) is 21.9 Å². The molecule has 1 saturated heterocycles. The van der Waals surface area contributed by atoms with E-state index in [1.54, 1.807) is 13.0 Å². The Morgan fingerprint density at radius 3 is 2.61 bits per heavy atom. The van der Waals surface area contributed by atoms with Gasteiger partial charge in [0.05, 0.1) is 17.2 Å². The molecule has 0 atom stereocenters. The normalized spacial score (nSPS) is 16.6. The molecule has 0 saturated carbocycles. The smallest absolute Gasteiger partial charge is 0.276 e. The molecule has 23 heavy (non-hydrogen) atoms. The number of carbonyl (C=O) groups is 1. The quantitative estimate of drug-likeness (QED) is 0.896. The Hall–Kier alpha value is -2.00. The van der Waals surface area contributed by atoms with Crippen LogP contribution in [0.2, 0.25) is 0 Å². The van der Waals surface area contributed by atoms with Crippen LogP contribution in [0.4, 0.5) is 5.13 Å². The monoisotopic (exact) mass is 353 g/mol. The zero-order valence-electron chi connectivity index (χ0n) is 12.6. The van der Waals surface area contributed by atoms with Gasteiger partial charge >= 0.3 is 0 Å². The van der Waals surface area contributed by atoms with Crippen molar-refractivity contribution in [2.75, 3.05) is 16.8 Å². The maximum absolute atomic E-state index is 12.2. The van der Waals surface area contributed by atoms with Crippen molar-refractivity contribution in [1.82, 2.24) is 9.97 Å². The van der Waals surface area contributed by atoms with Crippen LogP contribution in [0.5, 0.6) is 5.75 Å². The highest BCUT2D eigenvalue weighted by atomic mass is 32.2. The van der Waals surface area contributed by atoms with Crippen LogP contribution in [-0.4, -0.2) is 41.9 Å². The molecule has 0 unspecified atom stereocenters. The lowest BCUT2D eigenvalue weighted by atomic mass is 10.2. The van der Waals surface area contributed by atoms with E-state index in [0.29, 0.717) is 16.6 Å². The minimum Gasteiger partial charge on any atom is -0.488 e. The molecule has 1 amide bonds. The fourth-order valence-corrected chi connectivity index (χ4v) is 4.03. The number of ether oxygens (including phenoxy) is 1. The Kier molecular flexibility index (Phi) is 4.07. The maximum Gasteiger partial charge on any atom is 0.276 e.